The van der Waals surface area contributed by atoms with Crippen LogP contribution in [0.5, 0.6) is 0 Å². The molecule has 0 spiro atoms. The van der Waals surface area contributed by atoms with Crippen molar-refractivity contribution in [3.05, 3.63) is 28.2 Å². The minimum Gasteiger partial charge on any atom is -0.324 e. The van der Waals surface area contributed by atoms with E-state index < -0.39 is 6.04 Å². The van der Waals surface area contributed by atoms with E-state index in [1.165, 1.54) is 0 Å². The molecule has 0 saturated heterocycles. The van der Waals surface area contributed by atoms with Crippen LogP contribution in [0.4, 0.5) is 5.69 Å². The first kappa shape index (κ1) is 14.7. The molecule has 96 valence electrons. The number of amides is 1. The average Bonchev–Trinajstić information content (AvgIpc) is 2.38. The van der Waals surface area contributed by atoms with E-state index in [1.54, 1.807) is 18.2 Å². The maximum Gasteiger partial charge on any atom is 0.241 e. The van der Waals surface area contributed by atoms with Crippen LogP contribution < -0.4 is 11.1 Å². The summed E-state index contributed by atoms with van der Waals surface area (Å²) < 4.78 is 0.795. The Kier molecular flexibility index (Phi) is 5.32. The Bertz CT molecular complexity index is 482. The van der Waals surface area contributed by atoms with Gasteiger partial charge in [-0.15, -0.1) is 0 Å². The van der Waals surface area contributed by atoms with Crippen LogP contribution in [0.15, 0.2) is 22.7 Å². The summed E-state index contributed by atoms with van der Waals surface area (Å²) in [5.74, 6) is -0.158. The molecule has 0 fully saturated rings. The van der Waals surface area contributed by atoms with Gasteiger partial charge in [-0.1, -0.05) is 36.2 Å². The second kappa shape index (κ2) is 6.53. The summed E-state index contributed by atoms with van der Waals surface area (Å²) in [6.07, 6.45) is 0.833. The summed E-state index contributed by atoms with van der Waals surface area (Å²) in [5.41, 5.74) is 6.74. The molecule has 0 aliphatic carbocycles. The SMILES string of the molecule is CC[C@H](C)[C@H](N)C(=O)Nc1ccc(Br)cc1C#N. The summed E-state index contributed by atoms with van der Waals surface area (Å²) >= 11 is 3.28. The standard InChI is InChI=1S/C13H16BrN3O/c1-3-8(2)12(16)13(18)17-11-5-4-10(14)6-9(11)7-15/h4-6,8,12H,3,16H2,1-2H3,(H,17,18)/t8-,12-/m0/s1. The number of benzene rings is 1. The van der Waals surface area contributed by atoms with Gasteiger partial charge < -0.3 is 11.1 Å². The molecular weight excluding hydrogens is 294 g/mol. The first-order valence-electron chi connectivity index (χ1n) is 5.75. The fourth-order valence-electron chi connectivity index (χ4n) is 1.45. The van der Waals surface area contributed by atoms with Crippen molar-refractivity contribution in [1.29, 1.82) is 5.26 Å². The maximum atomic E-state index is 11.9. The fraction of sp³-hybridized carbons (Fsp3) is 0.385. The van der Waals surface area contributed by atoms with Crippen molar-refractivity contribution in [2.45, 2.75) is 26.3 Å². The molecule has 1 rings (SSSR count). The number of hydrogen-bond acceptors (Lipinski definition) is 3. The van der Waals surface area contributed by atoms with Gasteiger partial charge in [0.05, 0.1) is 17.3 Å². The zero-order valence-electron chi connectivity index (χ0n) is 10.4. The van der Waals surface area contributed by atoms with Gasteiger partial charge >= 0.3 is 0 Å². The van der Waals surface area contributed by atoms with E-state index in [4.69, 9.17) is 11.0 Å². The number of carbonyl (C=O) groups excluding carboxylic acids is 1. The zero-order chi connectivity index (χ0) is 13.7. The Hall–Kier alpha value is -1.38. The van der Waals surface area contributed by atoms with Crippen molar-refractivity contribution >= 4 is 27.5 Å². The van der Waals surface area contributed by atoms with Gasteiger partial charge in [-0.25, -0.2) is 0 Å². The molecule has 0 aliphatic heterocycles. The zero-order valence-corrected chi connectivity index (χ0v) is 12.0. The fourth-order valence-corrected chi connectivity index (χ4v) is 1.81. The van der Waals surface area contributed by atoms with Crippen molar-refractivity contribution < 1.29 is 4.79 Å². The Labute approximate surface area is 115 Å². The van der Waals surface area contributed by atoms with E-state index in [0.29, 0.717) is 11.3 Å². The number of nitrogens with one attached hydrogen (secondary N) is 1. The van der Waals surface area contributed by atoms with Gasteiger partial charge in [0.15, 0.2) is 0 Å². The second-order valence-corrected chi connectivity index (χ2v) is 5.12. The van der Waals surface area contributed by atoms with Gasteiger partial charge in [-0.05, 0) is 24.1 Å². The molecule has 1 amide bonds. The van der Waals surface area contributed by atoms with Crippen LogP contribution in [0.25, 0.3) is 0 Å². The lowest BCUT2D eigenvalue weighted by Gasteiger charge is -2.18. The monoisotopic (exact) mass is 309 g/mol. The van der Waals surface area contributed by atoms with Gasteiger partial charge in [-0.2, -0.15) is 5.26 Å². The highest BCUT2D eigenvalue weighted by atomic mass is 79.9. The number of nitriles is 1. The summed E-state index contributed by atoms with van der Waals surface area (Å²) in [4.78, 5) is 11.9. The molecule has 0 aromatic heterocycles. The van der Waals surface area contributed by atoms with Crippen LogP contribution in [-0.2, 0) is 4.79 Å². The molecule has 4 nitrogen and oxygen atoms in total. The predicted octanol–water partition coefficient (Wildman–Crippen LogP) is 2.63. The Morgan fingerprint density at radius 1 is 1.61 bits per heavy atom. The van der Waals surface area contributed by atoms with Crippen molar-refractivity contribution in [3.8, 4) is 6.07 Å². The normalized spacial score (nSPS) is 13.5. The number of anilines is 1. The number of nitrogens with two attached hydrogens (primary N) is 1. The molecule has 1 aromatic carbocycles. The largest absolute Gasteiger partial charge is 0.324 e. The van der Waals surface area contributed by atoms with Crippen LogP contribution in [0, 0.1) is 17.2 Å². The maximum absolute atomic E-state index is 11.9. The van der Waals surface area contributed by atoms with Gasteiger partial charge in [0, 0.05) is 4.47 Å². The lowest BCUT2D eigenvalue weighted by Crippen LogP contribution is -2.40. The van der Waals surface area contributed by atoms with Crippen molar-refractivity contribution in [3.63, 3.8) is 0 Å². The summed E-state index contributed by atoms with van der Waals surface area (Å²) in [5, 5.41) is 11.7. The number of carbonyl (C=O) groups is 1. The smallest absolute Gasteiger partial charge is 0.241 e. The third-order valence-electron chi connectivity index (χ3n) is 2.92. The molecule has 3 N–H and O–H groups in total. The minimum absolute atomic E-state index is 0.103. The first-order chi connectivity index (χ1) is 8.49. The number of halogens is 1. The Morgan fingerprint density at radius 3 is 2.83 bits per heavy atom. The van der Waals surface area contributed by atoms with Crippen molar-refractivity contribution in [2.75, 3.05) is 5.32 Å². The molecule has 0 heterocycles. The Balaban J connectivity index is 2.86. The van der Waals surface area contributed by atoms with Crippen LogP contribution in [0.3, 0.4) is 0 Å². The van der Waals surface area contributed by atoms with Crippen LogP contribution >= 0.6 is 15.9 Å². The predicted molar refractivity (Wildman–Crippen MR) is 74.9 cm³/mol. The number of rotatable bonds is 4. The van der Waals surface area contributed by atoms with Gasteiger partial charge in [0.1, 0.15) is 6.07 Å². The average molecular weight is 310 g/mol. The molecule has 5 heteroatoms. The summed E-state index contributed by atoms with van der Waals surface area (Å²) in [6, 6.07) is 6.58. The Morgan fingerprint density at radius 2 is 2.28 bits per heavy atom. The molecule has 0 bridgehead atoms. The van der Waals surface area contributed by atoms with E-state index >= 15 is 0 Å². The molecule has 18 heavy (non-hydrogen) atoms. The van der Waals surface area contributed by atoms with Crippen LogP contribution in [0.1, 0.15) is 25.8 Å². The van der Waals surface area contributed by atoms with E-state index in [2.05, 4.69) is 21.2 Å². The highest BCUT2D eigenvalue weighted by Gasteiger charge is 2.20. The molecule has 0 saturated carbocycles. The second-order valence-electron chi connectivity index (χ2n) is 4.20. The lowest BCUT2D eigenvalue weighted by atomic mass is 9.99. The third kappa shape index (κ3) is 3.56. The molecule has 2 atom stereocenters. The van der Waals surface area contributed by atoms with Gasteiger partial charge in [0.25, 0.3) is 0 Å². The molecule has 0 radical (unpaired) electrons. The van der Waals surface area contributed by atoms with E-state index in [0.717, 1.165) is 10.9 Å². The highest BCUT2D eigenvalue weighted by Crippen LogP contribution is 2.20. The van der Waals surface area contributed by atoms with Crippen molar-refractivity contribution in [1.82, 2.24) is 0 Å². The summed E-state index contributed by atoms with van der Waals surface area (Å²) in [6.45, 7) is 3.91. The van der Waals surface area contributed by atoms with E-state index in [-0.39, 0.29) is 11.8 Å². The van der Waals surface area contributed by atoms with Crippen molar-refractivity contribution in [2.24, 2.45) is 11.7 Å². The third-order valence-corrected chi connectivity index (χ3v) is 3.41. The highest BCUT2D eigenvalue weighted by molar-refractivity contribution is 9.10. The van der Waals surface area contributed by atoms with Crippen LogP contribution in [-0.4, -0.2) is 11.9 Å². The molecule has 1 aromatic rings. The minimum atomic E-state index is -0.565. The van der Waals surface area contributed by atoms with Crippen LogP contribution in [0.2, 0.25) is 0 Å². The lowest BCUT2D eigenvalue weighted by molar-refractivity contribution is -0.118. The quantitative estimate of drug-likeness (QED) is 0.897. The van der Waals surface area contributed by atoms with Gasteiger partial charge in [-0.3, -0.25) is 4.79 Å². The van der Waals surface area contributed by atoms with E-state index in [1.807, 2.05) is 19.9 Å². The first-order valence-corrected chi connectivity index (χ1v) is 6.55. The molecule has 0 aliphatic rings. The van der Waals surface area contributed by atoms with E-state index in [9.17, 15) is 4.79 Å². The molecular formula is C13H16BrN3O. The topological polar surface area (TPSA) is 78.9 Å². The number of hydrogen-bond donors (Lipinski definition) is 2. The number of nitrogens with zero attached hydrogens (tertiary/aromatic N) is 1. The molecule has 0 unspecified atom stereocenters. The summed E-state index contributed by atoms with van der Waals surface area (Å²) in [7, 11) is 0. The van der Waals surface area contributed by atoms with Gasteiger partial charge in [0.2, 0.25) is 5.91 Å².